The number of nitrogens with two attached hydrogens (primary N) is 1. The fourth-order valence-electron chi connectivity index (χ4n) is 2.68. The largest absolute Gasteiger partial charge is 0.329 e. The predicted octanol–water partition coefficient (Wildman–Crippen LogP) is 1.38. The molecule has 3 heteroatoms. The van der Waals surface area contributed by atoms with Crippen molar-refractivity contribution >= 4 is 0 Å². The van der Waals surface area contributed by atoms with Crippen LogP contribution < -0.4 is 5.73 Å². The second-order valence-corrected chi connectivity index (χ2v) is 5.84. The van der Waals surface area contributed by atoms with E-state index in [0.29, 0.717) is 18.1 Å². The van der Waals surface area contributed by atoms with Crippen molar-refractivity contribution in [3.63, 3.8) is 0 Å². The molecule has 1 heterocycles. The zero-order chi connectivity index (χ0) is 12.3. The highest BCUT2D eigenvalue weighted by atomic mass is 15.3. The monoisotopic (exact) mass is 227 g/mol. The highest BCUT2D eigenvalue weighted by Crippen LogP contribution is 2.18. The molecule has 0 aromatic heterocycles. The Hall–Kier alpha value is -0.120. The maximum absolute atomic E-state index is 5.92. The SMILES string of the molecule is CC(C)CC(CN)N1CC(C)N(C)C(C)C1. The van der Waals surface area contributed by atoms with Crippen LogP contribution >= 0.6 is 0 Å². The molecule has 96 valence electrons. The normalized spacial score (nSPS) is 30.9. The van der Waals surface area contributed by atoms with Gasteiger partial charge in [-0.1, -0.05) is 13.8 Å². The molecule has 0 bridgehead atoms. The lowest BCUT2D eigenvalue weighted by Crippen LogP contribution is -2.58. The van der Waals surface area contributed by atoms with Gasteiger partial charge < -0.3 is 5.73 Å². The molecule has 1 saturated heterocycles. The lowest BCUT2D eigenvalue weighted by molar-refractivity contribution is 0.0303. The first-order chi connectivity index (χ1) is 7.45. The Bertz CT molecular complexity index is 193. The third-order valence-electron chi connectivity index (χ3n) is 3.92. The topological polar surface area (TPSA) is 32.5 Å². The van der Waals surface area contributed by atoms with E-state index in [1.807, 2.05) is 0 Å². The van der Waals surface area contributed by atoms with Gasteiger partial charge >= 0.3 is 0 Å². The molecule has 1 rings (SSSR count). The Morgan fingerprint density at radius 2 is 1.69 bits per heavy atom. The van der Waals surface area contributed by atoms with Gasteiger partial charge in [0.2, 0.25) is 0 Å². The van der Waals surface area contributed by atoms with Crippen molar-refractivity contribution in [1.29, 1.82) is 0 Å². The second-order valence-electron chi connectivity index (χ2n) is 5.84. The summed E-state index contributed by atoms with van der Waals surface area (Å²) in [6.45, 7) is 12.3. The van der Waals surface area contributed by atoms with Gasteiger partial charge in [-0.25, -0.2) is 0 Å². The third kappa shape index (κ3) is 3.44. The van der Waals surface area contributed by atoms with Crippen LogP contribution in [0.3, 0.4) is 0 Å². The summed E-state index contributed by atoms with van der Waals surface area (Å²) in [6.07, 6.45) is 1.22. The first kappa shape index (κ1) is 13.9. The lowest BCUT2D eigenvalue weighted by atomic mass is 9.99. The zero-order valence-corrected chi connectivity index (χ0v) is 11.6. The van der Waals surface area contributed by atoms with Crippen LogP contribution in [0.25, 0.3) is 0 Å². The zero-order valence-electron chi connectivity index (χ0n) is 11.6. The van der Waals surface area contributed by atoms with Crippen molar-refractivity contribution in [2.75, 3.05) is 26.7 Å². The number of nitrogens with zero attached hydrogens (tertiary/aromatic N) is 2. The van der Waals surface area contributed by atoms with E-state index in [0.717, 1.165) is 25.6 Å². The van der Waals surface area contributed by atoms with Gasteiger partial charge in [0.25, 0.3) is 0 Å². The highest BCUT2D eigenvalue weighted by Gasteiger charge is 2.30. The molecule has 16 heavy (non-hydrogen) atoms. The summed E-state index contributed by atoms with van der Waals surface area (Å²) in [5, 5.41) is 0. The van der Waals surface area contributed by atoms with Gasteiger partial charge in [-0.05, 0) is 33.2 Å². The molecule has 1 fully saturated rings. The summed E-state index contributed by atoms with van der Waals surface area (Å²) < 4.78 is 0. The van der Waals surface area contributed by atoms with E-state index < -0.39 is 0 Å². The first-order valence-electron chi connectivity index (χ1n) is 6.61. The molecule has 0 aromatic carbocycles. The van der Waals surface area contributed by atoms with E-state index in [-0.39, 0.29) is 0 Å². The molecule has 3 atom stereocenters. The maximum Gasteiger partial charge on any atom is 0.0222 e. The quantitative estimate of drug-likeness (QED) is 0.787. The predicted molar refractivity (Wildman–Crippen MR) is 70.6 cm³/mol. The van der Waals surface area contributed by atoms with E-state index in [9.17, 15) is 0 Å². The molecule has 3 nitrogen and oxygen atoms in total. The van der Waals surface area contributed by atoms with Gasteiger partial charge in [0.15, 0.2) is 0 Å². The molecule has 0 aromatic rings. The number of piperazine rings is 1. The molecule has 0 saturated carbocycles. The molecular formula is C13H29N3. The van der Waals surface area contributed by atoms with E-state index >= 15 is 0 Å². The maximum atomic E-state index is 5.92. The summed E-state index contributed by atoms with van der Waals surface area (Å²) >= 11 is 0. The van der Waals surface area contributed by atoms with E-state index in [1.165, 1.54) is 6.42 Å². The highest BCUT2D eigenvalue weighted by molar-refractivity contribution is 4.87. The molecule has 1 aliphatic heterocycles. The fraction of sp³-hybridized carbons (Fsp3) is 1.00. The smallest absolute Gasteiger partial charge is 0.0222 e. The van der Waals surface area contributed by atoms with Gasteiger partial charge in [0.1, 0.15) is 0 Å². The molecule has 2 N–H and O–H groups in total. The Kier molecular flexibility index (Phi) is 5.22. The van der Waals surface area contributed by atoms with Gasteiger partial charge in [-0.3, -0.25) is 9.80 Å². The van der Waals surface area contributed by atoms with Crippen LogP contribution in [0.4, 0.5) is 0 Å². The van der Waals surface area contributed by atoms with E-state index in [1.54, 1.807) is 0 Å². The van der Waals surface area contributed by atoms with Crippen LogP contribution in [0.2, 0.25) is 0 Å². The minimum Gasteiger partial charge on any atom is -0.329 e. The minimum atomic E-state index is 0.568. The third-order valence-corrected chi connectivity index (χ3v) is 3.92. The summed E-state index contributed by atoms with van der Waals surface area (Å²) in [5.74, 6) is 0.735. The number of likely N-dealkylation sites (N-methyl/N-ethyl adjacent to an activating group) is 1. The van der Waals surface area contributed by atoms with Crippen LogP contribution in [0.1, 0.15) is 34.1 Å². The molecule has 0 amide bonds. The first-order valence-corrected chi connectivity index (χ1v) is 6.61. The summed E-state index contributed by atoms with van der Waals surface area (Å²) in [4.78, 5) is 5.06. The summed E-state index contributed by atoms with van der Waals surface area (Å²) in [7, 11) is 2.23. The van der Waals surface area contributed by atoms with Gasteiger partial charge in [0, 0.05) is 37.8 Å². The molecule has 0 radical (unpaired) electrons. The van der Waals surface area contributed by atoms with Gasteiger partial charge in [-0.15, -0.1) is 0 Å². The molecule has 0 spiro atoms. The average molecular weight is 227 g/mol. The molecule has 0 aliphatic carbocycles. The molecule has 1 aliphatic rings. The number of hydrogen-bond acceptors (Lipinski definition) is 3. The summed E-state index contributed by atoms with van der Waals surface area (Å²) in [6, 6.07) is 1.86. The van der Waals surface area contributed by atoms with E-state index in [2.05, 4.69) is 44.5 Å². The van der Waals surface area contributed by atoms with Crippen molar-refractivity contribution in [2.24, 2.45) is 11.7 Å². The minimum absolute atomic E-state index is 0.568. The van der Waals surface area contributed by atoms with Crippen molar-refractivity contribution in [3.05, 3.63) is 0 Å². The summed E-state index contributed by atoms with van der Waals surface area (Å²) in [5.41, 5.74) is 5.92. The van der Waals surface area contributed by atoms with Crippen molar-refractivity contribution in [2.45, 2.75) is 52.2 Å². The van der Waals surface area contributed by atoms with Crippen LogP contribution in [-0.4, -0.2) is 54.6 Å². The van der Waals surface area contributed by atoms with Crippen LogP contribution in [0.15, 0.2) is 0 Å². The van der Waals surface area contributed by atoms with Crippen LogP contribution in [-0.2, 0) is 0 Å². The Labute approximate surface area is 101 Å². The average Bonchev–Trinajstić information content (AvgIpc) is 2.21. The van der Waals surface area contributed by atoms with E-state index in [4.69, 9.17) is 5.73 Å². The number of hydrogen-bond donors (Lipinski definition) is 1. The Morgan fingerprint density at radius 3 is 2.06 bits per heavy atom. The Morgan fingerprint density at radius 1 is 1.19 bits per heavy atom. The van der Waals surface area contributed by atoms with Gasteiger partial charge in [-0.2, -0.15) is 0 Å². The van der Waals surface area contributed by atoms with Crippen molar-refractivity contribution in [1.82, 2.24) is 9.80 Å². The fourth-order valence-corrected chi connectivity index (χ4v) is 2.68. The molecule has 3 unspecified atom stereocenters. The van der Waals surface area contributed by atoms with Crippen molar-refractivity contribution in [3.8, 4) is 0 Å². The standard InChI is InChI=1S/C13H29N3/c1-10(2)6-13(7-14)16-8-11(3)15(5)12(4)9-16/h10-13H,6-9,14H2,1-5H3. The van der Waals surface area contributed by atoms with Crippen LogP contribution in [0.5, 0.6) is 0 Å². The Balaban J connectivity index is 2.58. The number of rotatable bonds is 4. The lowest BCUT2D eigenvalue weighted by Gasteiger charge is -2.45. The van der Waals surface area contributed by atoms with Gasteiger partial charge in [0.05, 0.1) is 0 Å². The van der Waals surface area contributed by atoms with Crippen LogP contribution in [0, 0.1) is 5.92 Å². The molecular weight excluding hydrogens is 198 g/mol. The second kappa shape index (κ2) is 5.99. The van der Waals surface area contributed by atoms with Crippen molar-refractivity contribution < 1.29 is 0 Å².